The highest BCUT2D eigenvalue weighted by molar-refractivity contribution is 5.84. The van der Waals surface area contributed by atoms with Crippen molar-refractivity contribution in [2.75, 3.05) is 26.2 Å². The van der Waals surface area contributed by atoms with E-state index in [-0.39, 0.29) is 24.0 Å². The van der Waals surface area contributed by atoms with Crippen LogP contribution in [0.4, 0.5) is 5.69 Å². The number of Topliss-reactive ketones (excluding diaryl/α,β-unsaturated/α-hetero) is 1. The number of ketones is 1. The molecular formula is C33H37N3O3. The maximum Gasteiger partial charge on any atom is 0.192 e. The summed E-state index contributed by atoms with van der Waals surface area (Å²) in [4.78, 5) is 18.8. The molecular weight excluding hydrogens is 486 g/mol. The molecule has 0 saturated carbocycles. The Bertz CT molecular complexity index is 1360. The summed E-state index contributed by atoms with van der Waals surface area (Å²) in [5, 5.41) is 4.03. The van der Waals surface area contributed by atoms with E-state index in [0.717, 1.165) is 35.6 Å². The van der Waals surface area contributed by atoms with Crippen molar-refractivity contribution in [2.24, 2.45) is 0 Å². The zero-order chi connectivity index (χ0) is 27.7. The number of nitrogens with zero attached hydrogens (tertiary/aromatic N) is 3. The lowest BCUT2D eigenvalue weighted by Gasteiger charge is -2.26. The van der Waals surface area contributed by atoms with Crippen LogP contribution in [-0.2, 0) is 23.1 Å². The minimum absolute atomic E-state index is 0.0127. The van der Waals surface area contributed by atoms with Gasteiger partial charge in [-0.1, -0.05) is 50.3 Å². The summed E-state index contributed by atoms with van der Waals surface area (Å²) in [7, 11) is 0. The van der Waals surface area contributed by atoms with Crippen LogP contribution in [0, 0.1) is 18.4 Å². The maximum absolute atomic E-state index is 12.7. The summed E-state index contributed by atoms with van der Waals surface area (Å²) >= 11 is 0. The lowest BCUT2D eigenvalue weighted by Crippen LogP contribution is -2.31. The maximum atomic E-state index is 12.7. The van der Waals surface area contributed by atoms with Crippen LogP contribution in [0.25, 0.3) is 4.85 Å². The molecule has 3 aromatic rings. The molecule has 0 N–H and O–H groups in total. The van der Waals surface area contributed by atoms with E-state index in [0.29, 0.717) is 23.6 Å². The average molecular weight is 524 g/mol. The first-order chi connectivity index (χ1) is 18.8. The summed E-state index contributed by atoms with van der Waals surface area (Å²) in [6.07, 6.45) is 5.37. The summed E-state index contributed by atoms with van der Waals surface area (Å²) < 4.78 is 11.3. The van der Waals surface area contributed by atoms with E-state index in [9.17, 15) is 4.79 Å². The standard InChI is InChI=1S/C33H37N3O3/c1-33(2,3)32-24-28(35-39-32)23-29(37)22-27-14-11-26(21-31(27)34-4)10-9-25-12-15-30(16-13-25)38-20-8-19-36-17-6-5-7-18-36/h11-16,21,24H,5-8,17-20,22-23H2,1-3H3. The largest absolute Gasteiger partial charge is 0.494 e. The first-order valence-electron chi connectivity index (χ1n) is 13.8. The minimum atomic E-state index is -0.162. The number of rotatable bonds is 9. The van der Waals surface area contributed by atoms with Crippen LogP contribution in [-0.4, -0.2) is 42.1 Å². The number of hydrogen-bond acceptors (Lipinski definition) is 5. The Morgan fingerprint density at radius 2 is 1.74 bits per heavy atom. The number of benzene rings is 2. The van der Waals surface area contributed by atoms with E-state index in [1.54, 1.807) is 6.07 Å². The highest BCUT2D eigenvalue weighted by atomic mass is 16.5. The molecule has 0 amide bonds. The summed E-state index contributed by atoms with van der Waals surface area (Å²) in [6.45, 7) is 17.9. The van der Waals surface area contributed by atoms with Crippen LogP contribution in [0.5, 0.6) is 5.75 Å². The summed E-state index contributed by atoms with van der Waals surface area (Å²) in [6, 6.07) is 15.1. The average Bonchev–Trinajstić information content (AvgIpc) is 3.41. The zero-order valence-electron chi connectivity index (χ0n) is 23.3. The van der Waals surface area contributed by atoms with Gasteiger partial charge < -0.3 is 14.2 Å². The van der Waals surface area contributed by atoms with Crippen molar-refractivity contribution in [3.63, 3.8) is 0 Å². The molecule has 1 fully saturated rings. The van der Waals surface area contributed by atoms with E-state index in [4.69, 9.17) is 15.8 Å². The molecule has 0 atom stereocenters. The van der Waals surface area contributed by atoms with Gasteiger partial charge in [-0.25, -0.2) is 4.85 Å². The topological polar surface area (TPSA) is 59.9 Å². The third kappa shape index (κ3) is 8.57. The molecule has 1 aliphatic rings. The van der Waals surface area contributed by atoms with Crippen molar-refractivity contribution in [3.8, 4) is 17.6 Å². The number of hydrogen-bond donors (Lipinski definition) is 0. The van der Waals surface area contributed by atoms with Gasteiger partial charge in [0.05, 0.1) is 25.3 Å². The SMILES string of the molecule is [C-]#[N+]c1cc(C#Cc2ccc(OCCCN3CCCCC3)cc2)ccc1CC(=O)Cc1cc(C(C)(C)C)on1. The molecule has 1 saturated heterocycles. The zero-order valence-corrected chi connectivity index (χ0v) is 23.3. The molecule has 2 aromatic carbocycles. The Kier molecular flexibility index (Phi) is 9.58. The number of aromatic nitrogens is 1. The fourth-order valence-electron chi connectivity index (χ4n) is 4.56. The van der Waals surface area contributed by atoms with E-state index in [2.05, 4.69) is 26.7 Å². The van der Waals surface area contributed by atoms with Crippen LogP contribution in [0.1, 0.15) is 74.6 Å². The molecule has 6 nitrogen and oxygen atoms in total. The number of likely N-dealkylation sites (tertiary alicyclic amines) is 1. The Hall–Kier alpha value is -3.87. The quantitative estimate of drug-likeness (QED) is 0.181. The Morgan fingerprint density at radius 1 is 1.03 bits per heavy atom. The van der Waals surface area contributed by atoms with Crippen molar-refractivity contribution >= 4 is 11.5 Å². The molecule has 0 radical (unpaired) electrons. The number of piperidine rings is 1. The molecule has 0 spiro atoms. The number of ether oxygens (including phenoxy) is 1. The van der Waals surface area contributed by atoms with Crippen molar-refractivity contribution in [1.82, 2.24) is 10.1 Å². The van der Waals surface area contributed by atoms with Gasteiger partial charge in [-0.2, -0.15) is 0 Å². The second-order valence-electron chi connectivity index (χ2n) is 11.2. The molecule has 0 aliphatic carbocycles. The Labute approximate surface area is 232 Å². The summed E-state index contributed by atoms with van der Waals surface area (Å²) in [5.74, 6) is 7.88. The third-order valence-electron chi connectivity index (χ3n) is 6.81. The van der Waals surface area contributed by atoms with Gasteiger partial charge >= 0.3 is 0 Å². The fourth-order valence-corrected chi connectivity index (χ4v) is 4.56. The number of carbonyl (C=O) groups excluding carboxylic acids is 1. The van der Waals surface area contributed by atoms with Gasteiger partial charge in [0.25, 0.3) is 0 Å². The van der Waals surface area contributed by atoms with Crippen molar-refractivity contribution in [3.05, 3.63) is 88.1 Å². The lowest BCUT2D eigenvalue weighted by molar-refractivity contribution is -0.117. The number of carbonyl (C=O) groups is 1. The first-order valence-corrected chi connectivity index (χ1v) is 13.8. The molecule has 1 aromatic heterocycles. The van der Waals surface area contributed by atoms with E-state index < -0.39 is 0 Å². The summed E-state index contributed by atoms with van der Waals surface area (Å²) in [5.41, 5.74) is 3.21. The molecule has 2 heterocycles. The molecule has 0 bridgehead atoms. The second kappa shape index (κ2) is 13.3. The molecule has 1 aliphatic heterocycles. The van der Waals surface area contributed by atoms with E-state index >= 15 is 0 Å². The van der Waals surface area contributed by atoms with Crippen molar-refractivity contribution in [2.45, 2.75) is 64.7 Å². The molecule has 4 rings (SSSR count). The fraction of sp³-hybridized carbons (Fsp3) is 0.424. The molecule has 202 valence electrons. The van der Waals surface area contributed by atoms with Gasteiger partial charge in [0, 0.05) is 35.6 Å². The smallest absolute Gasteiger partial charge is 0.192 e. The van der Waals surface area contributed by atoms with Crippen LogP contribution >= 0.6 is 0 Å². The van der Waals surface area contributed by atoms with Crippen LogP contribution in [0.15, 0.2) is 53.1 Å². The highest BCUT2D eigenvalue weighted by Gasteiger charge is 2.21. The molecule has 39 heavy (non-hydrogen) atoms. The normalized spacial score (nSPS) is 13.8. The second-order valence-corrected chi connectivity index (χ2v) is 11.2. The van der Waals surface area contributed by atoms with Crippen LogP contribution in [0.2, 0.25) is 0 Å². The Morgan fingerprint density at radius 3 is 2.44 bits per heavy atom. The van der Waals surface area contributed by atoms with Gasteiger partial charge in [-0.05, 0) is 74.3 Å². The van der Waals surface area contributed by atoms with Gasteiger partial charge in [-0.15, -0.1) is 0 Å². The van der Waals surface area contributed by atoms with Crippen molar-refractivity contribution in [1.29, 1.82) is 0 Å². The first kappa shape index (κ1) is 28.1. The monoisotopic (exact) mass is 523 g/mol. The van der Waals surface area contributed by atoms with Gasteiger partial charge in [0.2, 0.25) is 0 Å². The minimum Gasteiger partial charge on any atom is -0.494 e. The highest BCUT2D eigenvalue weighted by Crippen LogP contribution is 2.25. The van der Waals surface area contributed by atoms with Crippen molar-refractivity contribution < 1.29 is 14.1 Å². The third-order valence-corrected chi connectivity index (χ3v) is 6.81. The van der Waals surface area contributed by atoms with E-state index in [1.165, 1.54) is 32.4 Å². The lowest BCUT2D eigenvalue weighted by atomic mass is 9.93. The van der Waals surface area contributed by atoms with Crippen LogP contribution in [0.3, 0.4) is 0 Å². The van der Waals surface area contributed by atoms with E-state index in [1.807, 2.05) is 63.2 Å². The van der Waals surface area contributed by atoms with Gasteiger partial charge in [-0.3, -0.25) is 4.79 Å². The predicted molar refractivity (Wildman–Crippen MR) is 153 cm³/mol. The predicted octanol–water partition coefficient (Wildman–Crippen LogP) is 6.53. The molecule has 0 unspecified atom stereocenters. The Balaban J connectivity index is 1.29. The van der Waals surface area contributed by atoms with Gasteiger partial charge in [0.1, 0.15) is 17.3 Å². The van der Waals surface area contributed by atoms with Crippen LogP contribution < -0.4 is 4.74 Å². The molecule has 6 heteroatoms. The van der Waals surface area contributed by atoms with Gasteiger partial charge in [0.15, 0.2) is 5.69 Å².